The van der Waals surface area contributed by atoms with Gasteiger partial charge in [0, 0.05) is 0 Å². The highest BCUT2D eigenvalue weighted by Gasteiger charge is 2.44. The van der Waals surface area contributed by atoms with Gasteiger partial charge in [0.15, 0.2) is 0 Å². The van der Waals surface area contributed by atoms with Crippen molar-refractivity contribution < 1.29 is 9.47 Å². The fourth-order valence-corrected chi connectivity index (χ4v) is 13.9. The van der Waals surface area contributed by atoms with E-state index in [9.17, 15) is 0 Å². The van der Waals surface area contributed by atoms with Crippen molar-refractivity contribution in [1.29, 1.82) is 0 Å². The molecule has 0 saturated carbocycles. The van der Waals surface area contributed by atoms with E-state index in [1.54, 1.807) is 0 Å². The Hall–Kier alpha value is -8.59. The highest BCUT2D eigenvalue weighted by molar-refractivity contribution is 7.01. The van der Waals surface area contributed by atoms with Crippen LogP contribution in [0.15, 0.2) is 194 Å². The lowest BCUT2D eigenvalue weighted by Crippen LogP contribution is -2.58. The van der Waals surface area contributed by atoms with Gasteiger partial charge in [-0.2, -0.15) is 0 Å². The Labute approximate surface area is 419 Å². The van der Waals surface area contributed by atoms with Gasteiger partial charge in [0.05, 0.1) is 0 Å². The van der Waals surface area contributed by atoms with Gasteiger partial charge in [-0.3, -0.25) is 0 Å². The lowest BCUT2D eigenvalue weighted by atomic mass is 9.31. The van der Waals surface area contributed by atoms with Gasteiger partial charge in [0.1, 0.15) is 23.0 Å². The van der Waals surface area contributed by atoms with Gasteiger partial charge in [-0.25, -0.2) is 0 Å². The van der Waals surface area contributed by atoms with Gasteiger partial charge in [-0.15, -0.1) is 0 Å². The maximum Gasteiger partial charge on any atom is 0.252 e. The first-order chi connectivity index (χ1) is 35.4. The first-order valence-electron chi connectivity index (χ1n) is 25.4. The van der Waals surface area contributed by atoms with Crippen LogP contribution in [0, 0.1) is 27.7 Å². The molecular weight excluding hydrogens is 870 g/mol. The van der Waals surface area contributed by atoms with Crippen molar-refractivity contribution in [3.8, 4) is 89.8 Å². The summed E-state index contributed by atoms with van der Waals surface area (Å²) in [5, 5.41) is 7.95. The maximum absolute atomic E-state index is 7.09. The smallest absolute Gasteiger partial charge is 0.252 e. The van der Waals surface area contributed by atoms with Crippen LogP contribution in [0.2, 0.25) is 0 Å². The second-order valence-corrected chi connectivity index (χ2v) is 20.8. The Morgan fingerprint density at radius 3 is 1.08 bits per heavy atom. The summed E-state index contributed by atoms with van der Waals surface area (Å²) in [5.41, 5.74) is 27.5. The van der Waals surface area contributed by atoms with Crippen molar-refractivity contribution in [1.82, 2.24) is 0 Å². The van der Waals surface area contributed by atoms with Crippen LogP contribution in [-0.2, 0) is 0 Å². The van der Waals surface area contributed by atoms with Crippen molar-refractivity contribution in [2.45, 2.75) is 27.7 Å². The molecule has 0 aliphatic carbocycles. The summed E-state index contributed by atoms with van der Waals surface area (Å²) in [7, 11) is 0. The molecule has 4 heteroatoms. The standard InChI is InChI=1S/C68H44B2O2/c1-37-17-15-18-38(2)61(37)45-33-47-51-29-43(41-21-7-5-8-22-41)31-59-67(51)70(54-26-12-14-28-58(54)71-59)56-36-50-46(62-39(3)19-16-20-40(62)4)34-48-52-30-44(42-23-9-6-10-24-42)32-60-68(52)69(53-25-11-13-27-57(53)72-60)55-35-49(45)65(63(47)56)66(50)64(48)55/h5-36H,1-4H3. The third-order valence-corrected chi connectivity index (χ3v) is 16.8. The predicted octanol–water partition coefficient (Wildman–Crippen LogP) is 13.7. The summed E-state index contributed by atoms with van der Waals surface area (Å²) in [6.45, 7) is 9.06. The van der Waals surface area contributed by atoms with Crippen LogP contribution < -0.4 is 42.3 Å². The van der Waals surface area contributed by atoms with Crippen molar-refractivity contribution >= 4 is 78.5 Å². The fraction of sp³-hybridized carbons (Fsp3) is 0.0588. The largest absolute Gasteiger partial charge is 0.458 e. The fourth-order valence-electron chi connectivity index (χ4n) is 13.9. The Bertz CT molecular complexity index is 4060. The Balaban J connectivity index is 1.16. The van der Waals surface area contributed by atoms with Crippen LogP contribution in [0.3, 0.4) is 0 Å². The number of aryl methyl sites for hydroxylation is 4. The summed E-state index contributed by atoms with van der Waals surface area (Å²) < 4.78 is 14.2. The number of rotatable bonds is 4. The van der Waals surface area contributed by atoms with Crippen LogP contribution in [0.5, 0.6) is 23.0 Å². The van der Waals surface area contributed by atoms with E-state index in [4.69, 9.17) is 9.47 Å². The summed E-state index contributed by atoms with van der Waals surface area (Å²) in [6.07, 6.45) is 0. The van der Waals surface area contributed by atoms with E-state index in [-0.39, 0.29) is 13.4 Å². The molecule has 4 aliphatic heterocycles. The molecule has 0 aromatic heterocycles. The molecule has 0 amide bonds. The van der Waals surface area contributed by atoms with Crippen LogP contribution >= 0.6 is 0 Å². The molecule has 334 valence electrons. The molecule has 12 aromatic rings. The molecule has 0 atom stereocenters. The summed E-state index contributed by atoms with van der Waals surface area (Å²) in [6, 6.07) is 72.6. The van der Waals surface area contributed by atoms with Crippen LogP contribution in [-0.4, -0.2) is 13.4 Å². The highest BCUT2D eigenvalue weighted by atomic mass is 16.5. The average molecular weight is 915 g/mol. The quantitative estimate of drug-likeness (QED) is 0.129. The van der Waals surface area contributed by atoms with E-state index in [0.717, 1.165) is 34.1 Å². The summed E-state index contributed by atoms with van der Waals surface area (Å²) >= 11 is 0. The number of fused-ring (bicyclic) bond motifs is 8. The van der Waals surface area contributed by atoms with E-state index in [0.29, 0.717) is 0 Å². The van der Waals surface area contributed by atoms with E-state index in [1.165, 1.54) is 143 Å². The average Bonchev–Trinajstić information content (AvgIpc) is 3.41. The molecule has 16 rings (SSSR count). The lowest BCUT2D eigenvalue weighted by molar-refractivity contribution is 0.487. The zero-order valence-electron chi connectivity index (χ0n) is 40.4. The van der Waals surface area contributed by atoms with Gasteiger partial charge in [-0.1, -0.05) is 157 Å². The summed E-state index contributed by atoms with van der Waals surface area (Å²) in [5.74, 6) is 3.71. The topological polar surface area (TPSA) is 18.5 Å². The summed E-state index contributed by atoms with van der Waals surface area (Å²) in [4.78, 5) is 0. The van der Waals surface area contributed by atoms with Crippen molar-refractivity contribution in [2.24, 2.45) is 0 Å². The zero-order chi connectivity index (χ0) is 47.7. The third kappa shape index (κ3) is 5.31. The second kappa shape index (κ2) is 14.5. The van der Waals surface area contributed by atoms with Crippen molar-refractivity contribution in [2.75, 3.05) is 0 Å². The van der Waals surface area contributed by atoms with E-state index in [2.05, 4.69) is 222 Å². The second-order valence-electron chi connectivity index (χ2n) is 20.8. The lowest BCUT2D eigenvalue weighted by Gasteiger charge is -2.38. The predicted molar refractivity (Wildman–Crippen MR) is 304 cm³/mol. The van der Waals surface area contributed by atoms with E-state index < -0.39 is 0 Å². The number of ether oxygens (including phenoxy) is 2. The van der Waals surface area contributed by atoms with Crippen LogP contribution in [0.1, 0.15) is 22.3 Å². The number of benzene rings is 12. The Kier molecular flexibility index (Phi) is 8.09. The monoisotopic (exact) mass is 914 g/mol. The van der Waals surface area contributed by atoms with Crippen LogP contribution in [0.4, 0.5) is 0 Å². The molecule has 12 aromatic carbocycles. The number of para-hydroxylation sites is 2. The third-order valence-electron chi connectivity index (χ3n) is 16.8. The normalized spacial score (nSPS) is 13.2. The van der Waals surface area contributed by atoms with E-state index in [1.807, 2.05) is 0 Å². The molecule has 0 fully saturated rings. The van der Waals surface area contributed by atoms with Crippen molar-refractivity contribution in [3.63, 3.8) is 0 Å². The molecule has 0 spiro atoms. The minimum Gasteiger partial charge on any atom is -0.458 e. The van der Waals surface area contributed by atoms with Gasteiger partial charge in [0.2, 0.25) is 0 Å². The van der Waals surface area contributed by atoms with Gasteiger partial charge >= 0.3 is 0 Å². The van der Waals surface area contributed by atoms with Crippen LogP contribution in [0.25, 0.3) is 99.1 Å². The molecule has 2 nitrogen and oxygen atoms in total. The Morgan fingerprint density at radius 1 is 0.278 bits per heavy atom. The zero-order valence-corrected chi connectivity index (χ0v) is 40.4. The number of hydrogen-bond donors (Lipinski definition) is 0. The van der Waals surface area contributed by atoms with Crippen molar-refractivity contribution in [3.05, 3.63) is 216 Å². The van der Waals surface area contributed by atoms with Gasteiger partial charge in [0.25, 0.3) is 13.4 Å². The minimum atomic E-state index is -0.0492. The molecule has 72 heavy (non-hydrogen) atoms. The molecule has 0 N–H and O–H groups in total. The maximum atomic E-state index is 7.09. The SMILES string of the molecule is Cc1cccc(C)c1-c1cc2c3c(cc4c(-c5c(C)cccc5C)cc5c6c(cc1c3c46)B1c3ccccc3Oc3cc(-c4ccccc4)cc-5c31)B1c3ccccc3Oc3cc(-c4ccccc4)cc-2c31. The molecule has 4 aliphatic rings. The first-order valence-corrected chi connectivity index (χ1v) is 25.4. The van der Waals surface area contributed by atoms with Gasteiger partial charge in [-0.05, 0) is 219 Å². The molecule has 0 saturated heterocycles. The molecule has 0 bridgehead atoms. The van der Waals surface area contributed by atoms with Gasteiger partial charge < -0.3 is 9.47 Å². The molecule has 0 radical (unpaired) electrons. The number of hydrogen-bond acceptors (Lipinski definition) is 2. The molecular formula is C68H44B2O2. The minimum absolute atomic E-state index is 0.0492. The first kappa shape index (κ1) is 40.2. The van der Waals surface area contributed by atoms with E-state index >= 15 is 0 Å². The molecule has 4 heterocycles. The Morgan fingerprint density at radius 2 is 0.667 bits per heavy atom. The molecule has 0 unspecified atom stereocenters. The highest BCUT2D eigenvalue weighted by Crippen LogP contribution is 2.53.